The van der Waals surface area contributed by atoms with Crippen LogP contribution in [0, 0.1) is 0 Å². The molecule has 1 aromatic heterocycles. The van der Waals surface area contributed by atoms with Crippen molar-refractivity contribution in [2.45, 2.75) is 51.6 Å². The monoisotopic (exact) mass is 661 g/mol. The van der Waals surface area contributed by atoms with Gasteiger partial charge in [-0.25, -0.2) is 9.78 Å². The zero-order valence-electron chi connectivity index (χ0n) is 20.1. The molecule has 1 atom stereocenters. The predicted octanol–water partition coefficient (Wildman–Crippen LogP) is 6.97. The maximum Gasteiger partial charge on any atom is 0.434 e. The minimum Gasteiger partial charge on any atom is -0.463 e. The molecular weight excluding hydrogens is 645 g/mol. The number of methoxy groups -OCH3 is 1. The van der Waals surface area contributed by atoms with Crippen molar-refractivity contribution in [2.24, 2.45) is 0 Å². The van der Waals surface area contributed by atoms with Crippen LogP contribution in [-0.4, -0.2) is 35.5 Å². The van der Waals surface area contributed by atoms with Crippen LogP contribution >= 0.6 is 27.5 Å². The van der Waals surface area contributed by atoms with E-state index in [2.05, 4.69) is 20.9 Å². The number of ether oxygens (including phenoxy) is 2. The van der Waals surface area contributed by atoms with Gasteiger partial charge in [-0.2, -0.15) is 39.5 Å². The molecule has 218 valence electrons. The van der Waals surface area contributed by atoms with Gasteiger partial charge >= 0.3 is 24.5 Å². The third kappa shape index (κ3) is 6.80. The van der Waals surface area contributed by atoms with E-state index in [1.165, 1.54) is 20.8 Å². The molecule has 0 saturated heterocycles. The van der Waals surface area contributed by atoms with E-state index in [1.807, 2.05) is 0 Å². The van der Waals surface area contributed by atoms with E-state index >= 15 is 0 Å². The minimum absolute atomic E-state index is 0.0505. The molecule has 0 amide bonds. The molecule has 1 heterocycles. The molecule has 39 heavy (non-hydrogen) atoms. The molecule has 0 aliphatic carbocycles. The summed E-state index contributed by atoms with van der Waals surface area (Å²) >= 11 is 8.38. The Labute approximate surface area is 227 Å². The third-order valence-electron chi connectivity index (χ3n) is 4.93. The van der Waals surface area contributed by atoms with E-state index < -0.39 is 80.3 Å². The maximum absolute atomic E-state index is 13.8. The number of nitrogens with zero attached hydrogens (tertiary/aromatic N) is 3. The molecule has 0 radical (unpaired) electrons. The highest BCUT2D eigenvalue weighted by molar-refractivity contribution is 9.10. The van der Waals surface area contributed by atoms with Crippen LogP contribution in [0.5, 0.6) is 0 Å². The second-order valence-electron chi connectivity index (χ2n) is 7.90. The molecule has 0 aliphatic heterocycles. The van der Waals surface area contributed by atoms with Gasteiger partial charge in [-0.15, -0.1) is 0 Å². The largest absolute Gasteiger partial charge is 0.463 e. The van der Waals surface area contributed by atoms with Crippen LogP contribution in [-0.2, 0) is 32.8 Å². The quantitative estimate of drug-likeness (QED) is 0.181. The summed E-state index contributed by atoms with van der Waals surface area (Å²) in [7, 11) is 0.766. The van der Waals surface area contributed by atoms with Gasteiger partial charge in [-0.3, -0.25) is 14.3 Å². The molecule has 2 aromatic rings. The number of rotatable bonds is 7. The molecule has 0 bridgehead atoms. The molecule has 1 unspecified atom stereocenters. The molecule has 0 spiro atoms. The maximum atomic E-state index is 13.8. The lowest BCUT2D eigenvalue weighted by Gasteiger charge is -2.34. The van der Waals surface area contributed by atoms with Crippen molar-refractivity contribution in [3.63, 3.8) is 0 Å². The molecular formula is C21H18BrClF9N3O4. The van der Waals surface area contributed by atoms with Crippen molar-refractivity contribution in [1.82, 2.24) is 9.55 Å². The average Bonchev–Trinajstić information content (AvgIpc) is 2.77. The smallest absolute Gasteiger partial charge is 0.434 e. The Kier molecular flexibility index (Phi) is 9.66. The Morgan fingerprint density at radius 2 is 1.64 bits per heavy atom. The van der Waals surface area contributed by atoms with Crippen LogP contribution in [0.15, 0.2) is 21.4 Å². The van der Waals surface area contributed by atoms with Crippen molar-refractivity contribution >= 4 is 45.1 Å². The van der Waals surface area contributed by atoms with Crippen molar-refractivity contribution in [3.8, 4) is 0 Å². The molecule has 1 aromatic carbocycles. The number of esters is 1. The fraction of sp³-hybridized carbons (Fsp3) is 0.476. The number of halogens is 11. The van der Waals surface area contributed by atoms with Gasteiger partial charge in [0.25, 0.3) is 5.56 Å². The minimum atomic E-state index is -5.49. The van der Waals surface area contributed by atoms with E-state index in [9.17, 15) is 49.1 Å². The third-order valence-corrected chi connectivity index (χ3v) is 6.05. The lowest BCUT2D eigenvalue weighted by molar-refractivity contribution is -0.154. The number of carbonyl (C=O) groups excluding carboxylic acids is 1. The van der Waals surface area contributed by atoms with Gasteiger partial charge in [-0.05, 0) is 48.8 Å². The highest BCUT2D eigenvalue weighted by atomic mass is 79.9. The average molecular weight is 663 g/mol. The Bertz CT molecular complexity index is 1290. The van der Waals surface area contributed by atoms with Crippen molar-refractivity contribution in [1.29, 1.82) is 0 Å². The summed E-state index contributed by atoms with van der Waals surface area (Å²) in [6, 6.07) is -1.37. The first-order chi connectivity index (χ1) is 17.7. The van der Waals surface area contributed by atoms with E-state index in [-0.39, 0.29) is 23.6 Å². The van der Waals surface area contributed by atoms with E-state index in [0.29, 0.717) is 4.57 Å². The second kappa shape index (κ2) is 11.5. The molecule has 0 aliphatic rings. The first-order valence-electron chi connectivity index (χ1n) is 10.5. The van der Waals surface area contributed by atoms with E-state index in [1.54, 1.807) is 0 Å². The molecule has 18 heteroatoms. The molecule has 0 fully saturated rings. The van der Waals surface area contributed by atoms with Gasteiger partial charge in [-0.1, -0.05) is 11.6 Å². The summed E-state index contributed by atoms with van der Waals surface area (Å²) < 4.78 is 133. The molecule has 0 N–H and O–H groups in total. The molecule has 2 rings (SSSR count). The molecule has 7 nitrogen and oxygen atoms in total. The van der Waals surface area contributed by atoms with Crippen LogP contribution in [0.1, 0.15) is 43.6 Å². The highest BCUT2D eigenvalue weighted by Crippen LogP contribution is 2.46. The van der Waals surface area contributed by atoms with Crippen molar-refractivity contribution in [3.05, 3.63) is 48.8 Å². The lowest BCUT2D eigenvalue weighted by atomic mass is 10.1. The van der Waals surface area contributed by atoms with Crippen LogP contribution in [0.4, 0.5) is 51.1 Å². The SMILES string of the molecule is CCOC(=O)C(OC)N(c1cc(C(F)(F)F)cc(C(F)(F)F)c1Cl)c1nc(C(F)(F)F)c(Br)c(=O)n1C(C)C. The van der Waals surface area contributed by atoms with Gasteiger partial charge in [0.1, 0.15) is 4.47 Å². The van der Waals surface area contributed by atoms with Gasteiger partial charge in [0, 0.05) is 13.2 Å². The summed E-state index contributed by atoms with van der Waals surface area (Å²) in [5.41, 5.74) is -8.57. The summed E-state index contributed by atoms with van der Waals surface area (Å²) in [5, 5.41) is -1.46. The fourth-order valence-corrected chi connectivity index (χ4v) is 4.15. The summed E-state index contributed by atoms with van der Waals surface area (Å²) in [5.74, 6) is -2.66. The Morgan fingerprint density at radius 3 is 2.05 bits per heavy atom. The lowest BCUT2D eigenvalue weighted by Crippen LogP contribution is -2.45. The summed E-state index contributed by atoms with van der Waals surface area (Å²) in [6.45, 7) is 3.42. The number of hydrogen-bond acceptors (Lipinski definition) is 6. The second-order valence-corrected chi connectivity index (χ2v) is 9.07. The number of hydrogen-bond donors (Lipinski definition) is 0. The van der Waals surface area contributed by atoms with Crippen LogP contribution in [0.25, 0.3) is 0 Å². The number of aromatic nitrogens is 2. The summed E-state index contributed by atoms with van der Waals surface area (Å²) in [6.07, 6.45) is -18.6. The number of benzene rings is 1. The van der Waals surface area contributed by atoms with Crippen LogP contribution in [0.2, 0.25) is 5.02 Å². The van der Waals surface area contributed by atoms with Gasteiger partial charge in [0.2, 0.25) is 12.2 Å². The van der Waals surface area contributed by atoms with Gasteiger partial charge in [0.05, 0.1) is 28.4 Å². The van der Waals surface area contributed by atoms with Crippen molar-refractivity contribution in [2.75, 3.05) is 18.6 Å². The number of anilines is 2. The molecule has 0 saturated carbocycles. The predicted molar refractivity (Wildman–Crippen MR) is 123 cm³/mol. The highest BCUT2D eigenvalue weighted by Gasteiger charge is 2.44. The van der Waals surface area contributed by atoms with Gasteiger partial charge < -0.3 is 9.47 Å². The summed E-state index contributed by atoms with van der Waals surface area (Å²) in [4.78, 5) is 29.2. The normalized spacial score (nSPS) is 13.5. The first-order valence-corrected chi connectivity index (χ1v) is 11.7. The fourth-order valence-electron chi connectivity index (χ4n) is 3.34. The zero-order valence-corrected chi connectivity index (χ0v) is 22.5. The zero-order chi connectivity index (χ0) is 30.2. The topological polar surface area (TPSA) is 73.7 Å². The number of alkyl halides is 9. The Morgan fingerprint density at radius 1 is 1.08 bits per heavy atom. The van der Waals surface area contributed by atoms with Crippen molar-refractivity contribution < 1.29 is 53.8 Å². The van der Waals surface area contributed by atoms with Crippen LogP contribution in [0.3, 0.4) is 0 Å². The van der Waals surface area contributed by atoms with Crippen LogP contribution < -0.4 is 10.5 Å². The Hall–Kier alpha value is -2.53. The number of carbonyl (C=O) groups is 1. The van der Waals surface area contributed by atoms with E-state index in [0.717, 1.165) is 7.11 Å². The standard InChI is InChI=1S/C21H18BrClF9N3O4/c1-5-39-17(37)16(38-4)35(11-7-9(19(24,25)26)6-10(13(11)23)20(27,28)29)18-33-14(21(30,31)32)12(22)15(36)34(18)8(2)3/h6-8,16H,5H2,1-4H3. The van der Waals surface area contributed by atoms with Gasteiger partial charge in [0.15, 0.2) is 5.69 Å². The van der Waals surface area contributed by atoms with E-state index in [4.69, 9.17) is 21.1 Å². The Balaban J connectivity index is 3.24. The first kappa shape index (κ1) is 32.7.